The second-order valence-electron chi connectivity index (χ2n) is 5.48. The van der Waals surface area contributed by atoms with Gasteiger partial charge in [-0.2, -0.15) is 0 Å². The molecule has 0 fully saturated rings. The van der Waals surface area contributed by atoms with Gasteiger partial charge in [-0.3, -0.25) is 0 Å². The lowest BCUT2D eigenvalue weighted by molar-refractivity contribution is 0.531. The number of nitrogens with one attached hydrogen (secondary N) is 1. The van der Waals surface area contributed by atoms with Crippen molar-refractivity contribution in [1.29, 1.82) is 0 Å². The number of hydrogen-bond donors (Lipinski definition) is 1. The molecule has 0 spiro atoms. The first-order valence-electron chi connectivity index (χ1n) is 6.93. The van der Waals surface area contributed by atoms with Gasteiger partial charge in [0.2, 0.25) is 0 Å². The quantitative estimate of drug-likeness (QED) is 0.677. The van der Waals surface area contributed by atoms with Crippen molar-refractivity contribution in [3.63, 3.8) is 0 Å². The summed E-state index contributed by atoms with van der Waals surface area (Å²) in [5.41, 5.74) is 1.73. The molecule has 112 valence electrons. The Morgan fingerprint density at radius 1 is 1.05 bits per heavy atom. The Morgan fingerprint density at radius 2 is 1.62 bits per heavy atom. The fourth-order valence-electron chi connectivity index (χ4n) is 2.29. The average molecular weight is 326 g/mol. The molecule has 0 aliphatic carbocycles. The van der Waals surface area contributed by atoms with Crippen molar-refractivity contribution < 1.29 is 4.39 Å². The van der Waals surface area contributed by atoms with Gasteiger partial charge in [0, 0.05) is 0 Å². The third-order valence-corrected chi connectivity index (χ3v) is 3.83. The summed E-state index contributed by atoms with van der Waals surface area (Å²) >= 11 is 12.2. The van der Waals surface area contributed by atoms with E-state index in [1.165, 1.54) is 12.1 Å². The summed E-state index contributed by atoms with van der Waals surface area (Å²) in [4.78, 5) is 0. The normalized spacial score (nSPS) is 12.5. The van der Waals surface area contributed by atoms with E-state index in [4.69, 9.17) is 23.2 Å². The predicted molar refractivity (Wildman–Crippen MR) is 88.7 cm³/mol. The van der Waals surface area contributed by atoms with Crippen LogP contribution in [0.1, 0.15) is 31.9 Å². The van der Waals surface area contributed by atoms with Crippen LogP contribution in [0.3, 0.4) is 0 Å². The Kier molecular flexibility index (Phi) is 5.49. The van der Waals surface area contributed by atoms with Crippen LogP contribution in [0.15, 0.2) is 42.5 Å². The van der Waals surface area contributed by atoms with E-state index in [1.807, 2.05) is 18.2 Å². The van der Waals surface area contributed by atoms with Crippen molar-refractivity contribution in [3.8, 4) is 0 Å². The molecule has 21 heavy (non-hydrogen) atoms. The number of hydrogen-bond acceptors (Lipinski definition) is 1. The lowest BCUT2D eigenvalue weighted by atomic mass is 9.97. The molecule has 2 aromatic carbocycles. The van der Waals surface area contributed by atoms with E-state index < -0.39 is 5.82 Å². The number of halogens is 3. The molecule has 0 aliphatic heterocycles. The van der Waals surface area contributed by atoms with Crippen molar-refractivity contribution in [1.82, 2.24) is 0 Å². The van der Waals surface area contributed by atoms with Crippen LogP contribution in [0.4, 0.5) is 10.1 Å². The maximum absolute atomic E-state index is 13.3. The van der Waals surface area contributed by atoms with Crippen LogP contribution in [-0.4, -0.2) is 0 Å². The molecule has 0 heterocycles. The summed E-state index contributed by atoms with van der Waals surface area (Å²) in [7, 11) is 0. The first-order valence-corrected chi connectivity index (χ1v) is 7.69. The molecule has 0 amide bonds. The van der Waals surface area contributed by atoms with E-state index in [2.05, 4.69) is 31.3 Å². The Hall–Kier alpha value is -1.25. The van der Waals surface area contributed by atoms with E-state index in [-0.39, 0.29) is 6.04 Å². The molecule has 0 aliphatic rings. The zero-order valence-corrected chi connectivity index (χ0v) is 13.5. The van der Waals surface area contributed by atoms with Crippen LogP contribution in [0, 0.1) is 11.7 Å². The largest absolute Gasteiger partial charge is 0.376 e. The van der Waals surface area contributed by atoms with Gasteiger partial charge in [0.15, 0.2) is 0 Å². The van der Waals surface area contributed by atoms with E-state index in [9.17, 15) is 4.39 Å². The summed E-state index contributed by atoms with van der Waals surface area (Å²) in [5, 5.41) is 3.95. The maximum atomic E-state index is 13.3. The van der Waals surface area contributed by atoms with Crippen LogP contribution < -0.4 is 5.32 Å². The Balaban J connectivity index is 2.32. The fourth-order valence-corrected chi connectivity index (χ4v) is 2.86. The summed E-state index contributed by atoms with van der Waals surface area (Å²) in [6, 6.07) is 12.7. The van der Waals surface area contributed by atoms with E-state index in [1.54, 1.807) is 0 Å². The van der Waals surface area contributed by atoms with Gasteiger partial charge in [0.05, 0.1) is 21.8 Å². The minimum absolute atomic E-state index is 0.0756. The highest BCUT2D eigenvalue weighted by Gasteiger charge is 2.17. The van der Waals surface area contributed by atoms with E-state index in [0.717, 1.165) is 12.0 Å². The minimum atomic E-state index is -0.435. The lowest BCUT2D eigenvalue weighted by Gasteiger charge is -2.23. The standard InChI is InChI=1S/C17H18Cl2FN/c1-11(2)8-16(12-6-4-3-5-7-12)21-17-14(18)9-13(20)10-15(17)19/h3-7,9-11,16,21H,8H2,1-2H3. The van der Waals surface area contributed by atoms with Crippen molar-refractivity contribution in [2.45, 2.75) is 26.3 Å². The van der Waals surface area contributed by atoms with Gasteiger partial charge >= 0.3 is 0 Å². The molecule has 2 rings (SSSR count). The second-order valence-corrected chi connectivity index (χ2v) is 6.30. The first-order chi connectivity index (χ1) is 9.97. The van der Waals surface area contributed by atoms with Gasteiger partial charge in [0.25, 0.3) is 0 Å². The van der Waals surface area contributed by atoms with Crippen molar-refractivity contribution in [2.24, 2.45) is 5.92 Å². The van der Waals surface area contributed by atoms with Gasteiger partial charge < -0.3 is 5.32 Å². The molecule has 4 heteroatoms. The van der Waals surface area contributed by atoms with Crippen molar-refractivity contribution >= 4 is 28.9 Å². The SMILES string of the molecule is CC(C)CC(Nc1c(Cl)cc(F)cc1Cl)c1ccccc1. The second kappa shape index (κ2) is 7.15. The maximum Gasteiger partial charge on any atom is 0.126 e. The van der Waals surface area contributed by atoms with Gasteiger partial charge in [-0.1, -0.05) is 67.4 Å². The summed E-state index contributed by atoms with van der Waals surface area (Å²) < 4.78 is 13.3. The Labute approximate surface area is 135 Å². The third-order valence-electron chi connectivity index (χ3n) is 3.23. The number of rotatable bonds is 5. The van der Waals surface area contributed by atoms with Crippen LogP contribution in [0.2, 0.25) is 10.0 Å². The van der Waals surface area contributed by atoms with E-state index in [0.29, 0.717) is 21.7 Å². The monoisotopic (exact) mass is 325 g/mol. The van der Waals surface area contributed by atoms with Crippen LogP contribution in [0.5, 0.6) is 0 Å². The highest BCUT2D eigenvalue weighted by Crippen LogP contribution is 2.35. The van der Waals surface area contributed by atoms with Crippen LogP contribution >= 0.6 is 23.2 Å². The molecule has 1 N–H and O–H groups in total. The third kappa shape index (κ3) is 4.36. The zero-order chi connectivity index (χ0) is 15.4. The van der Waals surface area contributed by atoms with Crippen LogP contribution in [-0.2, 0) is 0 Å². The summed E-state index contributed by atoms with van der Waals surface area (Å²) in [6.07, 6.45) is 0.925. The van der Waals surface area contributed by atoms with Gasteiger partial charge in [-0.05, 0) is 30.0 Å². The number of anilines is 1. The molecular formula is C17H18Cl2FN. The average Bonchev–Trinajstić information content (AvgIpc) is 2.42. The van der Waals surface area contributed by atoms with Crippen molar-refractivity contribution in [2.75, 3.05) is 5.32 Å². The van der Waals surface area contributed by atoms with Gasteiger partial charge in [-0.15, -0.1) is 0 Å². The summed E-state index contributed by atoms with van der Waals surface area (Å²) in [5.74, 6) is 0.0661. The topological polar surface area (TPSA) is 12.0 Å². The van der Waals surface area contributed by atoms with Gasteiger partial charge in [0.1, 0.15) is 5.82 Å². The number of benzene rings is 2. The Morgan fingerprint density at radius 3 is 2.14 bits per heavy atom. The first kappa shape index (κ1) is 16.1. The molecule has 1 nitrogen and oxygen atoms in total. The molecule has 0 radical (unpaired) electrons. The zero-order valence-electron chi connectivity index (χ0n) is 12.0. The Bertz CT molecular complexity index is 576. The van der Waals surface area contributed by atoms with Gasteiger partial charge in [-0.25, -0.2) is 4.39 Å². The molecule has 0 saturated heterocycles. The van der Waals surface area contributed by atoms with Crippen LogP contribution in [0.25, 0.3) is 0 Å². The van der Waals surface area contributed by atoms with Crippen molar-refractivity contribution in [3.05, 3.63) is 63.9 Å². The minimum Gasteiger partial charge on any atom is -0.376 e. The molecule has 1 atom stereocenters. The fraction of sp³-hybridized carbons (Fsp3) is 0.294. The van der Waals surface area contributed by atoms with E-state index >= 15 is 0 Å². The highest BCUT2D eigenvalue weighted by atomic mass is 35.5. The predicted octanol–water partition coefficient (Wildman–Crippen LogP) is 6.33. The molecule has 0 bridgehead atoms. The summed E-state index contributed by atoms with van der Waals surface area (Å²) in [6.45, 7) is 4.32. The molecule has 1 unspecified atom stereocenters. The lowest BCUT2D eigenvalue weighted by Crippen LogP contribution is -2.14. The molecule has 0 saturated carbocycles. The molecule has 2 aromatic rings. The highest BCUT2D eigenvalue weighted by molar-refractivity contribution is 6.39. The smallest absolute Gasteiger partial charge is 0.126 e. The molecule has 0 aromatic heterocycles. The molecular weight excluding hydrogens is 308 g/mol.